The summed E-state index contributed by atoms with van der Waals surface area (Å²) >= 11 is 0. The topological polar surface area (TPSA) is 89.8 Å². The molecule has 2 aromatic heterocycles. The molecule has 2 heterocycles. The molecule has 0 spiro atoms. The minimum Gasteiger partial charge on any atom is -0.395 e. The Bertz CT molecular complexity index is 425. The third-order valence-electron chi connectivity index (χ3n) is 2.20. The lowest BCUT2D eigenvalue weighted by Crippen LogP contribution is -2.26. The predicted molar refractivity (Wildman–Crippen MR) is 57.9 cm³/mol. The van der Waals surface area contributed by atoms with E-state index in [2.05, 4.69) is 15.1 Å². The highest BCUT2D eigenvalue weighted by molar-refractivity contribution is 5.24. The quantitative estimate of drug-likeness (QED) is 0.725. The monoisotopic (exact) mass is 219 g/mol. The van der Waals surface area contributed by atoms with E-state index in [-0.39, 0.29) is 12.6 Å². The second kappa shape index (κ2) is 4.82. The zero-order valence-corrected chi connectivity index (χ0v) is 8.69. The Kier molecular flexibility index (Phi) is 3.23. The summed E-state index contributed by atoms with van der Waals surface area (Å²) in [6.07, 6.45) is 5.38. The number of aromatic nitrogens is 4. The largest absolute Gasteiger partial charge is 0.395 e. The van der Waals surface area contributed by atoms with Crippen molar-refractivity contribution in [3.63, 3.8) is 0 Å². The maximum Gasteiger partial charge on any atom is 0.155 e. The second-order valence-electron chi connectivity index (χ2n) is 3.51. The number of aliphatic hydroxyl groups is 1. The summed E-state index contributed by atoms with van der Waals surface area (Å²) in [6.45, 7) is -0.0230. The van der Waals surface area contributed by atoms with Gasteiger partial charge < -0.3 is 10.8 Å². The summed E-state index contributed by atoms with van der Waals surface area (Å²) in [7, 11) is 0. The molecular weight excluding hydrogens is 206 g/mol. The van der Waals surface area contributed by atoms with Gasteiger partial charge in [-0.25, -0.2) is 14.6 Å². The molecular formula is C10H13N5O. The Hall–Kier alpha value is -1.79. The zero-order valence-electron chi connectivity index (χ0n) is 8.69. The summed E-state index contributed by atoms with van der Waals surface area (Å²) in [5.41, 5.74) is 6.62. The fourth-order valence-corrected chi connectivity index (χ4v) is 1.37. The molecule has 6 nitrogen and oxygen atoms in total. The lowest BCUT2D eigenvalue weighted by Gasteiger charge is -2.07. The number of aliphatic hydroxyl groups excluding tert-OH is 1. The first-order chi connectivity index (χ1) is 7.79. The van der Waals surface area contributed by atoms with Crippen molar-refractivity contribution in [2.45, 2.75) is 12.5 Å². The van der Waals surface area contributed by atoms with Gasteiger partial charge >= 0.3 is 0 Å². The van der Waals surface area contributed by atoms with Crippen LogP contribution in [0.4, 0.5) is 0 Å². The van der Waals surface area contributed by atoms with E-state index in [0.717, 1.165) is 5.56 Å². The van der Waals surface area contributed by atoms with Gasteiger partial charge in [-0.2, -0.15) is 5.10 Å². The molecule has 0 aliphatic heterocycles. The maximum absolute atomic E-state index is 8.83. The maximum atomic E-state index is 8.83. The fourth-order valence-electron chi connectivity index (χ4n) is 1.37. The number of pyridine rings is 1. The Morgan fingerprint density at radius 1 is 1.44 bits per heavy atom. The highest BCUT2D eigenvalue weighted by atomic mass is 16.3. The van der Waals surface area contributed by atoms with Crippen LogP contribution in [0.2, 0.25) is 0 Å². The SMILES string of the molecule is NC(CO)Cc1ccc(-n2cncn2)nc1. The van der Waals surface area contributed by atoms with Crippen LogP contribution in [0.5, 0.6) is 0 Å². The van der Waals surface area contributed by atoms with Gasteiger partial charge in [0.1, 0.15) is 12.7 Å². The van der Waals surface area contributed by atoms with Crippen LogP contribution in [-0.4, -0.2) is 37.5 Å². The number of hydrogen-bond acceptors (Lipinski definition) is 5. The van der Waals surface area contributed by atoms with Gasteiger partial charge in [-0.3, -0.25) is 0 Å². The van der Waals surface area contributed by atoms with Gasteiger partial charge in [-0.1, -0.05) is 6.07 Å². The molecule has 0 aliphatic carbocycles. The summed E-state index contributed by atoms with van der Waals surface area (Å²) in [5, 5.41) is 12.8. The molecule has 0 radical (unpaired) electrons. The van der Waals surface area contributed by atoms with E-state index in [0.29, 0.717) is 12.2 Å². The van der Waals surface area contributed by atoms with E-state index in [1.54, 1.807) is 17.2 Å². The molecule has 2 rings (SSSR count). The van der Waals surface area contributed by atoms with Crippen LogP contribution in [0.3, 0.4) is 0 Å². The van der Waals surface area contributed by atoms with Gasteiger partial charge in [0.15, 0.2) is 5.82 Å². The van der Waals surface area contributed by atoms with Crippen molar-refractivity contribution in [1.29, 1.82) is 0 Å². The number of nitrogens with zero attached hydrogens (tertiary/aromatic N) is 4. The van der Waals surface area contributed by atoms with Crippen LogP contribution in [0.15, 0.2) is 31.0 Å². The smallest absolute Gasteiger partial charge is 0.155 e. The highest BCUT2D eigenvalue weighted by Crippen LogP contribution is 2.05. The summed E-state index contributed by atoms with van der Waals surface area (Å²) in [4.78, 5) is 8.07. The molecule has 0 fully saturated rings. The van der Waals surface area contributed by atoms with Crippen LogP contribution in [0, 0.1) is 0 Å². The Labute approximate surface area is 92.8 Å². The first-order valence-electron chi connectivity index (χ1n) is 4.96. The van der Waals surface area contributed by atoms with E-state index in [1.165, 1.54) is 6.33 Å². The number of nitrogens with two attached hydrogens (primary N) is 1. The molecule has 0 saturated carbocycles. The number of rotatable bonds is 4. The van der Waals surface area contributed by atoms with Crippen molar-refractivity contribution in [2.24, 2.45) is 5.73 Å². The van der Waals surface area contributed by atoms with Crippen molar-refractivity contribution < 1.29 is 5.11 Å². The van der Waals surface area contributed by atoms with Gasteiger partial charge in [0, 0.05) is 12.2 Å². The van der Waals surface area contributed by atoms with Gasteiger partial charge in [0.2, 0.25) is 0 Å². The van der Waals surface area contributed by atoms with Crippen LogP contribution in [0.25, 0.3) is 5.82 Å². The van der Waals surface area contributed by atoms with Crippen molar-refractivity contribution >= 4 is 0 Å². The van der Waals surface area contributed by atoms with Crippen LogP contribution in [-0.2, 0) is 6.42 Å². The molecule has 0 saturated heterocycles. The minimum absolute atomic E-state index is 0.0230. The van der Waals surface area contributed by atoms with E-state index < -0.39 is 0 Å². The average Bonchev–Trinajstić information content (AvgIpc) is 2.83. The fraction of sp³-hybridized carbons (Fsp3) is 0.300. The Morgan fingerprint density at radius 2 is 2.31 bits per heavy atom. The molecule has 0 aliphatic rings. The molecule has 1 atom stereocenters. The zero-order chi connectivity index (χ0) is 11.4. The molecule has 16 heavy (non-hydrogen) atoms. The average molecular weight is 219 g/mol. The third kappa shape index (κ3) is 2.41. The van der Waals surface area contributed by atoms with Crippen LogP contribution >= 0.6 is 0 Å². The van der Waals surface area contributed by atoms with Crippen molar-refractivity contribution in [2.75, 3.05) is 6.61 Å². The molecule has 2 aromatic rings. The first kappa shape index (κ1) is 10.7. The second-order valence-corrected chi connectivity index (χ2v) is 3.51. The third-order valence-corrected chi connectivity index (χ3v) is 2.20. The van der Waals surface area contributed by atoms with E-state index in [9.17, 15) is 0 Å². The Balaban J connectivity index is 2.11. The molecule has 0 amide bonds. The van der Waals surface area contributed by atoms with E-state index in [1.807, 2.05) is 12.1 Å². The molecule has 6 heteroatoms. The normalized spacial score (nSPS) is 12.6. The van der Waals surface area contributed by atoms with Crippen molar-refractivity contribution in [1.82, 2.24) is 19.7 Å². The minimum atomic E-state index is -0.237. The molecule has 84 valence electrons. The van der Waals surface area contributed by atoms with Crippen molar-refractivity contribution in [3.05, 3.63) is 36.5 Å². The summed E-state index contributed by atoms with van der Waals surface area (Å²) < 4.78 is 1.58. The molecule has 0 bridgehead atoms. The molecule has 1 unspecified atom stereocenters. The first-order valence-corrected chi connectivity index (χ1v) is 4.96. The highest BCUT2D eigenvalue weighted by Gasteiger charge is 2.03. The summed E-state index contributed by atoms with van der Waals surface area (Å²) in [6, 6.07) is 3.52. The summed E-state index contributed by atoms with van der Waals surface area (Å²) in [5.74, 6) is 0.707. The standard InChI is InChI=1S/C10H13N5O/c11-9(5-16)3-8-1-2-10(13-4-8)15-7-12-6-14-15/h1-2,4,6-7,9,16H,3,5,11H2. The van der Waals surface area contributed by atoms with Gasteiger partial charge in [0.25, 0.3) is 0 Å². The van der Waals surface area contributed by atoms with Crippen LogP contribution < -0.4 is 5.73 Å². The van der Waals surface area contributed by atoms with Crippen molar-refractivity contribution in [3.8, 4) is 5.82 Å². The van der Waals surface area contributed by atoms with Gasteiger partial charge in [-0.15, -0.1) is 0 Å². The number of hydrogen-bond donors (Lipinski definition) is 2. The van der Waals surface area contributed by atoms with Gasteiger partial charge in [-0.05, 0) is 18.1 Å². The Morgan fingerprint density at radius 3 is 2.88 bits per heavy atom. The lowest BCUT2D eigenvalue weighted by molar-refractivity contribution is 0.265. The van der Waals surface area contributed by atoms with Crippen LogP contribution in [0.1, 0.15) is 5.56 Å². The van der Waals surface area contributed by atoms with Gasteiger partial charge in [0.05, 0.1) is 6.61 Å². The molecule has 3 N–H and O–H groups in total. The molecule has 0 aromatic carbocycles. The van der Waals surface area contributed by atoms with E-state index in [4.69, 9.17) is 10.8 Å². The predicted octanol–water partition coefficient (Wildman–Crippen LogP) is -0.476. The van der Waals surface area contributed by atoms with E-state index >= 15 is 0 Å². The lowest BCUT2D eigenvalue weighted by atomic mass is 10.1.